The predicted molar refractivity (Wildman–Crippen MR) is 57.9 cm³/mol. The first kappa shape index (κ1) is 16.0. The average molecular weight is 249 g/mol. The first-order valence-corrected chi connectivity index (χ1v) is 5.23. The van der Waals surface area contributed by atoms with Crippen LogP contribution in [0.5, 0.6) is 0 Å². The van der Waals surface area contributed by atoms with Crippen molar-refractivity contribution in [2.45, 2.75) is 38.2 Å². The Balaban J connectivity index is 4.18. The molecule has 7 nitrogen and oxygen atoms in total. The normalized spacial score (nSPS) is 18.3. The van der Waals surface area contributed by atoms with Crippen LogP contribution < -0.4 is 5.73 Å². The fourth-order valence-corrected chi connectivity index (χ4v) is 0.969. The number of rotatable bonds is 7. The molecule has 0 saturated heterocycles. The van der Waals surface area contributed by atoms with Gasteiger partial charge in [0.25, 0.3) is 0 Å². The number of aliphatic hydroxyl groups excluding tert-OH is 3. The second-order valence-electron chi connectivity index (χ2n) is 4.05. The summed E-state index contributed by atoms with van der Waals surface area (Å²) in [5.74, 6) is -0.896. The lowest BCUT2D eigenvalue weighted by Gasteiger charge is -2.24. The molecule has 0 fully saturated rings. The van der Waals surface area contributed by atoms with E-state index in [2.05, 4.69) is 4.74 Å². The van der Waals surface area contributed by atoms with Gasteiger partial charge in [-0.1, -0.05) is 13.8 Å². The van der Waals surface area contributed by atoms with E-state index in [0.29, 0.717) is 0 Å². The number of carbonyl (C=O) groups is 2. The maximum atomic E-state index is 11.1. The zero-order valence-corrected chi connectivity index (χ0v) is 9.81. The molecule has 7 heteroatoms. The van der Waals surface area contributed by atoms with E-state index in [1.54, 1.807) is 13.8 Å². The largest absolute Gasteiger partial charge is 0.463 e. The molecular weight excluding hydrogens is 230 g/mol. The van der Waals surface area contributed by atoms with Crippen LogP contribution >= 0.6 is 0 Å². The molecule has 0 aromatic heterocycles. The Bertz CT molecular complexity index is 257. The highest BCUT2D eigenvalue weighted by molar-refractivity contribution is 5.71. The zero-order valence-electron chi connectivity index (χ0n) is 9.81. The molecule has 0 spiro atoms. The van der Waals surface area contributed by atoms with Crippen LogP contribution in [0.15, 0.2) is 0 Å². The number of ether oxygens (including phenoxy) is 1. The molecule has 0 heterocycles. The highest BCUT2D eigenvalue weighted by Crippen LogP contribution is 2.05. The maximum Gasteiger partial charge on any atom is 0.308 e. The SMILES string of the molecule is CC(C)C(=O)OC[C@@H](O)[C@@H](O)[C@H](O)[C@@H](N)C=O. The van der Waals surface area contributed by atoms with Gasteiger partial charge in [-0.15, -0.1) is 0 Å². The molecule has 0 aromatic carbocycles. The van der Waals surface area contributed by atoms with Gasteiger partial charge in [-0.2, -0.15) is 0 Å². The second-order valence-corrected chi connectivity index (χ2v) is 4.05. The summed E-state index contributed by atoms with van der Waals surface area (Å²) in [5, 5.41) is 28.1. The number of hydrogen-bond donors (Lipinski definition) is 4. The highest BCUT2D eigenvalue weighted by atomic mass is 16.5. The van der Waals surface area contributed by atoms with Crippen molar-refractivity contribution in [1.82, 2.24) is 0 Å². The highest BCUT2D eigenvalue weighted by Gasteiger charge is 2.30. The van der Waals surface area contributed by atoms with Gasteiger partial charge < -0.3 is 30.6 Å². The van der Waals surface area contributed by atoms with E-state index in [1.807, 2.05) is 0 Å². The van der Waals surface area contributed by atoms with Crippen LogP contribution in [0.4, 0.5) is 0 Å². The minimum atomic E-state index is -1.66. The fourth-order valence-electron chi connectivity index (χ4n) is 0.969. The summed E-state index contributed by atoms with van der Waals surface area (Å²) in [4.78, 5) is 21.3. The lowest BCUT2D eigenvalue weighted by atomic mass is 10.0. The van der Waals surface area contributed by atoms with Crippen molar-refractivity contribution in [2.75, 3.05) is 6.61 Å². The molecule has 17 heavy (non-hydrogen) atoms. The first-order chi connectivity index (χ1) is 7.81. The lowest BCUT2D eigenvalue weighted by Crippen LogP contribution is -2.50. The van der Waals surface area contributed by atoms with Gasteiger partial charge >= 0.3 is 5.97 Å². The van der Waals surface area contributed by atoms with Crippen molar-refractivity contribution in [3.8, 4) is 0 Å². The molecule has 0 aromatic rings. The third-order valence-electron chi connectivity index (χ3n) is 2.16. The Kier molecular flexibility index (Phi) is 6.89. The second kappa shape index (κ2) is 7.33. The van der Waals surface area contributed by atoms with E-state index in [4.69, 9.17) is 5.73 Å². The Morgan fingerprint density at radius 1 is 1.29 bits per heavy atom. The molecule has 0 saturated carbocycles. The van der Waals surface area contributed by atoms with E-state index in [0.717, 1.165) is 0 Å². The molecule has 5 N–H and O–H groups in total. The molecule has 0 aliphatic carbocycles. The molecule has 0 aliphatic rings. The topological polar surface area (TPSA) is 130 Å². The molecule has 0 radical (unpaired) electrons. The van der Waals surface area contributed by atoms with E-state index < -0.39 is 36.9 Å². The third kappa shape index (κ3) is 5.22. The molecule has 0 amide bonds. The summed E-state index contributed by atoms with van der Waals surface area (Å²) >= 11 is 0. The fraction of sp³-hybridized carbons (Fsp3) is 0.800. The Morgan fingerprint density at radius 3 is 2.24 bits per heavy atom. The molecule has 0 bridgehead atoms. The van der Waals surface area contributed by atoms with Gasteiger partial charge in [-0.3, -0.25) is 4.79 Å². The summed E-state index contributed by atoms with van der Waals surface area (Å²) in [6, 6.07) is -1.31. The number of aldehydes is 1. The number of aliphatic hydroxyl groups is 3. The monoisotopic (exact) mass is 249 g/mol. The molecular formula is C10H19NO6. The average Bonchev–Trinajstić information content (AvgIpc) is 2.32. The van der Waals surface area contributed by atoms with Crippen LogP contribution in [0.1, 0.15) is 13.8 Å². The predicted octanol–water partition coefficient (Wildman–Crippen LogP) is -2.21. The summed E-state index contributed by atoms with van der Waals surface area (Å²) in [5.41, 5.74) is 5.16. The number of esters is 1. The number of carbonyl (C=O) groups excluding carboxylic acids is 2. The summed E-state index contributed by atoms with van der Waals surface area (Å²) in [6.07, 6.45) is -4.52. The number of nitrogens with two attached hydrogens (primary N) is 1. The van der Waals surface area contributed by atoms with E-state index in [1.165, 1.54) is 0 Å². The number of hydrogen-bond acceptors (Lipinski definition) is 7. The van der Waals surface area contributed by atoms with Gasteiger partial charge in [-0.05, 0) is 0 Å². The van der Waals surface area contributed by atoms with Crippen molar-refractivity contribution < 1.29 is 29.6 Å². The van der Waals surface area contributed by atoms with Crippen LogP contribution in [-0.4, -0.2) is 58.5 Å². The van der Waals surface area contributed by atoms with Gasteiger partial charge in [0.15, 0.2) is 0 Å². The van der Waals surface area contributed by atoms with Crippen LogP contribution in [-0.2, 0) is 14.3 Å². The first-order valence-electron chi connectivity index (χ1n) is 5.23. The van der Waals surface area contributed by atoms with Crippen LogP contribution in [0, 0.1) is 5.92 Å². The summed E-state index contributed by atoms with van der Waals surface area (Å²) in [7, 11) is 0. The van der Waals surface area contributed by atoms with Gasteiger partial charge in [0, 0.05) is 0 Å². The smallest absolute Gasteiger partial charge is 0.308 e. The molecule has 4 atom stereocenters. The van der Waals surface area contributed by atoms with E-state index in [-0.39, 0.29) is 12.2 Å². The van der Waals surface area contributed by atoms with Gasteiger partial charge in [0.2, 0.25) is 0 Å². The lowest BCUT2D eigenvalue weighted by molar-refractivity contribution is -0.155. The van der Waals surface area contributed by atoms with Crippen molar-refractivity contribution in [2.24, 2.45) is 11.7 Å². The maximum absolute atomic E-state index is 11.1. The van der Waals surface area contributed by atoms with E-state index >= 15 is 0 Å². The molecule has 100 valence electrons. The molecule has 0 aliphatic heterocycles. The summed E-state index contributed by atoms with van der Waals surface area (Å²) in [6.45, 7) is 2.76. The van der Waals surface area contributed by atoms with Crippen LogP contribution in [0.2, 0.25) is 0 Å². The Labute approximate surface area is 99.2 Å². The summed E-state index contributed by atoms with van der Waals surface area (Å²) < 4.78 is 4.66. The standard InChI is InChI=1S/C10H19NO6/c1-5(2)10(16)17-4-7(13)9(15)8(14)6(11)3-12/h3,5-9,13-15H,4,11H2,1-2H3/t6-,7+,8+,9+/m0/s1. The van der Waals surface area contributed by atoms with Crippen molar-refractivity contribution >= 4 is 12.3 Å². The van der Waals surface area contributed by atoms with Gasteiger partial charge in [0.05, 0.1) is 12.0 Å². The molecule has 0 rings (SSSR count). The van der Waals surface area contributed by atoms with Crippen LogP contribution in [0.3, 0.4) is 0 Å². The quantitative estimate of drug-likeness (QED) is 0.297. The van der Waals surface area contributed by atoms with Gasteiger partial charge in [0.1, 0.15) is 31.2 Å². The van der Waals surface area contributed by atoms with Crippen LogP contribution in [0.25, 0.3) is 0 Å². The minimum absolute atomic E-state index is 0.251. The minimum Gasteiger partial charge on any atom is -0.463 e. The Morgan fingerprint density at radius 2 is 1.82 bits per heavy atom. The Hall–Kier alpha value is -1.02. The molecule has 0 unspecified atom stereocenters. The van der Waals surface area contributed by atoms with Gasteiger partial charge in [-0.25, -0.2) is 0 Å². The van der Waals surface area contributed by atoms with E-state index in [9.17, 15) is 24.9 Å². The van der Waals surface area contributed by atoms with Crippen molar-refractivity contribution in [3.05, 3.63) is 0 Å². The zero-order chi connectivity index (χ0) is 13.6. The third-order valence-corrected chi connectivity index (χ3v) is 2.16. The van der Waals surface area contributed by atoms with Crippen molar-refractivity contribution in [3.63, 3.8) is 0 Å². The van der Waals surface area contributed by atoms with Crippen molar-refractivity contribution in [1.29, 1.82) is 0 Å².